The first-order valence-electron chi connectivity index (χ1n) is 6.89. The van der Waals surface area contributed by atoms with Gasteiger partial charge in [-0.25, -0.2) is 4.98 Å². The van der Waals surface area contributed by atoms with Gasteiger partial charge in [0.15, 0.2) is 0 Å². The van der Waals surface area contributed by atoms with Gasteiger partial charge in [0.25, 0.3) is 0 Å². The van der Waals surface area contributed by atoms with E-state index < -0.39 is 0 Å². The minimum absolute atomic E-state index is 0.293. The number of halogens is 2. The second-order valence-electron chi connectivity index (χ2n) is 5.43. The zero-order chi connectivity index (χ0) is 14.1. The number of nitrogens with two attached hydrogens (primary N) is 1. The Balaban J connectivity index is 1.86. The van der Waals surface area contributed by atoms with E-state index in [0.717, 1.165) is 36.3 Å². The number of nitrogens with zero attached hydrogens (tertiary/aromatic N) is 1. The highest BCUT2D eigenvalue weighted by Crippen LogP contribution is 2.33. The molecule has 20 heavy (non-hydrogen) atoms. The second kappa shape index (κ2) is 5.76. The predicted molar refractivity (Wildman–Crippen MR) is 83.2 cm³/mol. The van der Waals surface area contributed by atoms with Gasteiger partial charge in [0.1, 0.15) is 5.82 Å². The maximum atomic E-state index is 6.23. The lowest BCUT2D eigenvalue weighted by Gasteiger charge is -2.24. The molecule has 1 saturated carbocycles. The van der Waals surface area contributed by atoms with Crippen molar-refractivity contribution in [3.05, 3.63) is 40.3 Å². The molecule has 1 aromatic heterocycles. The average molecular weight is 310 g/mol. The summed E-state index contributed by atoms with van der Waals surface area (Å²) in [6.45, 7) is 0. The lowest BCUT2D eigenvalue weighted by Crippen LogP contribution is -2.27. The van der Waals surface area contributed by atoms with Crippen molar-refractivity contribution in [1.29, 1.82) is 0 Å². The first kappa shape index (κ1) is 13.9. The third-order valence-electron chi connectivity index (χ3n) is 3.92. The smallest absolute Gasteiger partial charge is 0.109 e. The van der Waals surface area contributed by atoms with E-state index in [0.29, 0.717) is 22.0 Å². The highest BCUT2D eigenvalue weighted by molar-refractivity contribution is 6.36. The largest absolute Gasteiger partial charge is 0.342 e. The molecule has 1 heterocycles. The van der Waals surface area contributed by atoms with Crippen molar-refractivity contribution in [2.24, 2.45) is 5.73 Å². The van der Waals surface area contributed by atoms with Gasteiger partial charge in [-0.3, -0.25) is 0 Å². The topological polar surface area (TPSA) is 54.7 Å². The van der Waals surface area contributed by atoms with Crippen molar-refractivity contribution in [3.8, 4) is 11.3 Å². The summed E-state index contributed by atoms with van der Waals surface area (Å²) in [5, 5.41) is 1.27. The normalized spacial score (nSPS) is 22.9. The fraction of sp³-hybridized carbons (Fsp3) is 0.400. The first-order chi connectivity index (χ1) is 9.63. The molecule has 1 aliphatic rings. The Morgan fingerprint density at radius 2 is 2.10 bits per heavy atom. The molecule has 0 saturated heterocycles. The van der Waals surface area contributed by atoms with E-state index >= 15 is 0 Å². The molecule has 0 spiro atoms. The van der Waals surface area contributed by atoms with Crippen molar-refractivity contribution in [3.63, 3.8) is 0 Å². The van der Waals surface area contributed by atoms with E-state index in [-0.39, 0.29) is 0 Å². The van der Waals surface area contributed by atoms with Crippen LogP contribution >= 0.6 is 23.2 Å². The molecule has 106 valence electrons. The standard InChI is InChI=1S/C15H17Cl2N3/c16-10-4-5-12(13(17)7-10)14-8-19-15(20-14)9-2-1-3-11(18)6-9/h4-5,7-9,11H,1-3,6,18H2,(H,19,20). The Bertz CT molecular complexity index is 609. The Morgan fingerprint density at radius 1 is 1.25 bits per heavy atom. The number of hydrogen-bond acceptors (Lipinski definition) is 2. The van der Waals surface area contributed by atoms with Crippen molar-refractivity contribution in [2.75, 3.05) is 0 Å². The van der Waals surface area contributed by atoms with E-state index in [9.17, 15) is 0 Å². The van der Waals surface area contributed by atoms with Crippen LogP contribution < -0.4 is 5.73 Å². The highest BCUT2D eigenvalue weighted by atomic mass is 35.5. The summed E-state index contributed by atoms with van der Waals surface area (Å²) in [6, 6.07) is 5.78. The van der Waals surface area contributed by atoms with Gasteiger partial charge in [-0.05, 0) is 37.5 Å². The summed E-state index contributed by atoms with van der Waals surface area (Å²) in [5.74, 6) is 1.44. The summed E-state index contributed by atoms with van der Waals surface area (Å²) in [6.07, 6.45) is 6.28. The van der Waals surface area contributed by atoms with E-state index in [4.69, 9.17) is 28.9 Å². The summed E-state index contributed by atoms with van der Waals surface area (Å²) in [5.41, 5.74) is 7.90. The molecule has 0 radical (unpaired) electrons. The summed E-state index contributed by atoms with van der Waals surface area (Å²) in [4.78, 5) is 7.90. The Kier molecular flexibility index (Phi) is 4.01. The Labute approximate surface area is 128 Å². The summed E-state index contributed by atoms with van der Waals surface area (Å²) >= 11 is 12.2. The number of aromatic nitrogens is 2. The van der Waals surface area contributed by atoms with Gasteiger partial charge >= 0.3 is 0 Å². The molecule has 3 rings (SSSR count). The molecular formula is C15H17Cl2N3. The van der Waals surface area contributed by atoms with Crippen molar-refractivity contribution in [1.82, 2.24) is 9.97 Å². The lowest BCUT2D eigenvalue weighted by molar-refractivity contribution is 0.383. The average Bonchev–Trinajstić information content (AvgIpc) is 2.88. The molecule has 0 bridgehead atoms. The molecule has 3 N–H and O–H groups in total. The number of aromatic amines is 1. The fourth-order valence-electron chi connectivity index (χ4n) is 2.86. The van der Waals surface area contributed by atoms with Crippen LogP contribution in [0.15, 0.2) is 24.4 Å². The van der Waals surface area contributed by atoms with Crippen molar-refractivity contribution in [2.45, 2.75) is 37.6 Å². The van der Waals surface area contributed by atoms with Crippen molar-refractivity contribution >= 4 is 23.2 Å². The molecule has 2 aromatic rings. The molecular weight excluding hydrogens is 293 g/mol. The Morgan fingerprint density at radius 3 is 2.85 bits per heavy atom. The van der Waals surface area contributed by atoms with Crippen LogP contribution in [0.3, 0.4) is 0 Å². The van der Waals surface area contributed by atoms with Gasteiger partial charge in [-0.15, -0.1) is 0 Å². The molecule has 2 unspecified atom stereocenters. The molecule has 2 atom stereocenters. The van der Waals surface area contributed by atoms with E-state index in [2.05, 4.69) is 9.97 Å². The minimum Gasteiger partial charge on any atom is -0.342 e. The number of hydrogen-bond donors (Lipinski definition) is 2. The predicted octanol–water partition coefficient (Wildman–Crippen LogP) is 4.37. The van der Waals surface area contributed by atoms with Crippen LogP contribution in [0.1, 0.15) is 37.4 Å². The number of nitrogens with one attached hydrogen (secondary N) is 1. The number of H-pyrrole nitrogens is 1. The Hall–Kier alpha value is -1.03. The van der Waals surface area contributed by atoms with E-state index in [1.807, 2.05) is 18.3 Å². The number of benzene rings is 1. The quantitative estimate of drug-likeness (QED) is 0.865. The first-order valence-corrected chi connectivity index (χ1v) is 7.65. The van der Waals surface area contributed by atoms with Crippen LogP contribution in [-0.4, -0.2) is 16.0 Å². The van der Waals surface area contributed by atoms with Gasteiger partial charge in [0, 0.05) is 22.5 Å². The van der Waals surface area contributed by atoms with Crippen LogP contribution in [0.2, 0.25) is 10.0 Å². The summed E-state index contributed by atoms with van der Waals surface area (Å²) < 4.78 is 0. The van der Waals surface area contributed by atoms with Crippen LogP contribution in [0, 0.1) is 0 Å². The fourth-order valence-corrected chi connectivity index (χ4v) is 3.38. The molecule has 5 heteroatoms. The van der Waals surface area contributed by atoms with Crippen LogP contribution in [0.5, 0.6) is 0 Å². The second-order valence-corrected chi connectivity index (χ2v) is 6.27. The minimum atomic E-state index is 0.293. The van der Waals surface area contributed by atoms with Gasteiger partial charge in [0.2, 0.25) is 0 Å². The van der Waals surface area contributed by atoms with Gasteiger partial charge in [0.05, 0.1) is 16.9 Å². The van der Waals surface area contributed by atoms with Crippen molar-refractivity contribution < 1.29 is 0 Å². The van der Waals surface area contributed by atoms with E-state index in [1.165, 1.54) is 6.42 Å². The monoisotopic (exact) mass is 309 g/mol. The zero-order valence-corrected chi connectivity index (χ0v) is 12.6. The van der Waals surface area contributed by atoms with Crippen LogP contribution in [-0.2, 0) is 0 Å². The molecule has 1 aromatic carbocycles. The van der Waals surface area contributed by atoms with Crippen LogP contribution in [0.25, 0.3) is 11.3 Å². The summed E-state index contributed by atoms with van der Waals surface area (Å²) in [7, 11) is 0. The molecule has 3 nitrogen and oxygen atoms in total. The van der Waals surface area contributed by atoms with Gasteiger partial charge in [-0.1, -0.05) is 29.6 Å². The SMILES string of the molecule is NC1CCCC(c2ncc(-c3ccc(Cl)cc3Cl)[nH]2)C1. The molecule has 0 aliphatic heterocycles. The van der Waals surface area contributed by atoms with Gasteiger partial charge < -0.3 is 10.7 Å². The highest BCUT2D eigenvalue weighted by Gasteiger charge is 2.23. The van der Waals surface area contributed by atoms with Gasteiger partial charge in [-0.2, -0.15) is 0 Å². The third-order valence-corrected chi connectivity index (χ3v) is 4.47. The van der Waals surface area contributed by atoms with E-state index in [1.54, 1.807) is 6.07 Å². The lowest BCUT2D eigenvalue weighted by atomic mass is 9.86. The van der Waals surface area contributed by atoms with Crippen LogP contribution in [0.4, 0.5) is 0 Å². The number of rotatable bonds is 2. The number of imidazole rings is 1. The molecule has 0 amide bonds. The molecule has 1 fully saturated rings. The third kappa shape index (κ3) is 2.85. The maximum absolute atomic E-state index is 6.23. The molecule has 1 aliphatic carbocycles. The maximum Gasteiger partial charge on any atom is 0.109 e. The zero-order valence-electron chi connectivity index (χ0n) is 11.1.